The molecule has 3 heterocycles. The third-order valence-electron chi connectivity index (χ3n) is 9.66. The van der Waals surface area contributed by atoms with Crippen molar-refractivity contribution in [3.63, 3.8) is 0 Å². The molecule has 4 aromatic rings. The quantitative estimate of drug-likeness (QED) is 0.0942. The number of aromatic nitrogens is 2. The van der Waals surface area contributed by atoms with E-state index in [1.807, 2.05) is 42.5 Å². The highest BCUT2D eigenvalue weighted by Crippen LogP contribution is 2.44. The summed E-state index contributed by atoms with van der Waals surface area (Å²) in [6.45, 7) is 3.06. The van der Waals surface area contributed by atoms with Crippen LogP contribution in [0, 0.1) is 0 Å². The summed E-state index contributed by atoms with van der Waals surface area (Å²) in [6.07, 6.45) is -0.218. The van der Waals surface area contributed by atoms with Gasteiger partial charge in [0.25, 0.3) is 0 Å². The molecular formula is C39H44ClF3N6O4. The number of benzene rings is 2. The minimum atomic E-state index is -4.67. The Hall–Kier alpha value is -4.43. The van der Waals surface area contributed by atoms with Crippen LogP contribution in [0.1, 0.15) is 66.5 Å². The van der Waals surface area contributed by atoms with Crippen LogP contribution in [0.25, 0.3) is 22.4 Å². The minimum absolute atomic E-state index is 0.0468. The number of ether oxygens (including phenoxy) is 2. The van der Waals surface area contributed by atoms with E-state index in [0.717, 1.165) is 52.3 Å². The number of nitrogens with one attached hydrogen (secondary N) is 4. The van der Waals surface area contributed by atoms with Crippen molar-refractivity contribution in [1.82, 2.24) is 25.9 Å². The van der Waals surface area contributed by atoms with Crippen LogP contribution < -0.4 is 30.7 Å². The molecule has 282 valence electrons. The normalized spacial score (nSPS) is 17.6. The number of amides is 1. The van der Waals surface area contributed by atoms with Crippen LogP contribution in [-0.4, -0.2) is 60.4 Å². The maximum Gasteiger partial charge on any atom is 0.419 e. The van der Waals surface area contributed by atoms with Gasteiger partial charge in [0.05, 0.1) is 42.6 Å². The SMILES string of the molecule is COc1cc(-c2nccc(-c3cccc4c3CCC[C@@H]4Nc3nc(OC)c(CNC[C@@H](C)O)cc3C(F)(F)F)c2Cl)ccc1CNC[C@@H]1CCC(=O)N1. The number of fused-ring (bicyclic) bond motifs is 1. The molecule has 1 aliphatic carbocycles. The Kier molecular flexibility index (Phi) is 12.1. The molecule has 1 saturated heterocycles. The van der Waals surface area contributed by atoms with Crippen LogP contribution in [0.15, 0.2) is 54.7 Å². The van der Waals surface area contributed by atoms with Gasteiger partial charge in [-0.25, -0.2) is 0 Å². The second-order valence-electron chi connectivity index (χ2n) is 13.5. The number of nitrogens with zero attached hydrogens (tertiary/aromatic N) is 2. The van der Waals surface area contributed by atoms with Crippen molar-refractivity contribution in [3.05, 3.63) is 87.6 Å². The van der Waals surface area contributed by atoms with E-state index in [1.165, 1.54) is 7.11 Å². The average molecular weight is 753 g/mol. The number of anilines is 1. The fraction of sp³-hybridized carbons (Fsp3) is 0.410. The smallest absolute Gasteiger partial charge is 0.419 e. The van der Waals surface area contributed by atoms with Crippen molar-refractivity contribution < 1.29 is 32.5 Å². The summed E-state index contributed by atoms with van der Waals surface area (Å²) >= 11 is 7.13. The van der Waals surface area contributed by atoms with Gasteiger partial charge < -0.3 is 35.8 Å². The fourth-order valence-corrected chi connectivity index (χ4v) is 7.42. The number of rotatable bonds is 14. The first kappa shape index (κ1) is 38.3. The van der Waals surface area contributed by atoms with Crippen molar-refractivity contribution in [1.29, 1.82) is 0 Å². The van der Waals surface area contributed by atoms with Gasteiger partial charge in [-0.05, 0) is 67.5 Å². The fourth-order valence-electron chi connectivity index (χ4n) is 7.10. The molecule has 0 unspecified atom stereocenters. The van der Waals surface area contributed by atoms with Gasteiger partial charge in [0.15, 0.2) is 0 Å². The van der Waals surface area contributed by atoms with E-state index in [9.17, 15) is 23.1 Å². The summed E-state index contributed by atoms with van der Waals surface area (Å²) in [6, 6.07) is 14.2. The molecule has 3 atom stereocenters. The van der Waals surface area contributed by atoms with Crippen LogP contribution >= 0.6 is 11.6 Å². The van der Waals surface area contributed by atoms with Crippen LogP contribution in [0.4, 0.5) is 19.0 Å². The summed E-state index contributed by atoms with van der Waals surface area (Å²) in [5.74, 6) is 0.516. The molecule has 0 saturated carbocycles. The number of carbonyl (C=O) groups excluding carboxylic acids is 1. The predicted molar refractivity (Wildman–Crippen MR) is 198 cm³/mol. The van der Waals surface area contributed by atoms with Gasteiger partial charge in [-0.2, -0.15) is 18.2 Å². The molecule has 2 aromatic carbocycles. The minimum Gasteiger partial charge on any atom is -0.496 e. The number of carbonyl (C=O) groups is 1. The first-order valence-electron chi connectivity index (χ1n) is 17.7. The molecule has 14 heteroatoms. The number of hydrogen-bond donors (Lipinski definition) is 5. The van der Waals surface area contributed by atoms with E-state index in [1.54, 1.807) is 20.2 Å². The van der Waals surface area contributed by atoms with Gasteiger partial charge in [0.1, 0.15) is 11.6 Å². The van der Waals surface area contributed by atoms with Crippen LogP contribution in [0.3, 0.4) is 0 Å². The van der Waals surface area contributed by atoms with Crippen molar-refractivity contribution in [2.75, 3.05) is 32.6 Å². The summed E-state index contributed by atoms with van der Waals surface area (Å²) in [5.41, 5.74) is 5.16. The highest BCUT2D eigenvalue weighted by atomic mass is 35.5. The molecule has 5 N–H and O–H groups in total. The van der Waals surface area contributed by atoms with Crippen LogP contribution in [0.2, 0.25) is 5.02 Å². The lowest BCUT2D eigenvalue weighted by molar-refractivity contribution is -0.137. The second-order valence-corrected chi connectivity index (χ2v) is 13.9. The van der Waals surface area contributed by atoms with Gasteiger partial charge in [-0.15, -0.1) is 0 Å². The Labute approximate surface area is 311 Å². The molecule has 0 spiro atoms. The summed E-state index contributed by atoms with van der Waals surface area (Å²) in [4.78, 5) is 20.5. The zero-order chi connectivity index (χ0) is 37.7. The number of alkyl halides is 3. The molecule has 10 nitrogen and oxygen atoms in total. The highest BCUT2D eigenvalue weighted by molar-refractivity contribution is 6.35. The zero-order valence-electron chi connectivity index (χ0n) is 29.9. The largest absolute Gasteiger partial charge is 0.496 e. The van der Waals surface area contributed by atoms with Gasteiger partial charge in [0.2, 0.25) is 11.8 Å². The van der Waals surface area contributed by atoms with Crippen molar-refractivity contribution in [3.8, 4) is 34.0 Å². The molecular weight excluding hydrogens is 709 g/mol. The molecule has 2 aliphatic rings. The Morgan fingerprint density at radius 3 is 2.55 bits per heavy atom. The molecule has 53 heavy (non-hydrogen) atoms. The third kappa shape index (κ3) is 8.86. The monoisotopic (exact) mass is 752 g/mol. The second kappa shape index (κ2) is 16.7. The van der Waals surface area contributed by atoms with Gasteiger partial charge in [-0.3, -0.25) is 9.78 Å². The molecule has 6 rings (SSSR count). The highest BCUT2D eigenvalue weighted by Gasteiger charge is 2.37. The number of aliphatic hydroxyl groups is 1. The van der Waals surface area contributed by atoms with Crippen molar-refractivity contribution >= 4 is 23.3 Å². The lowest BCUT2D eigenvalue weighted by atomic mass is 9.83. The molecule has 1 amide bonds. The summed E-state index contributed by atoms with van der Waals surface area (Å²) in [7, 11) is 2.98. The van der Waals surface area contributed by atoms with Gasteiger partial charge in [-0.1, -0.05) is 41.9 Å². The molecule has 0 radical (unpaired) electrons. The zero-order valence-corrected chi connectivity index (χ0v) is 30.6. The summed E-state index contributed by atoms with van der Waals surface area (Å²) in [5, 5.41) is 22.4. The first-order chi connectivity index (χ1) is 25.5. The molecule has 1 fully saturated rings. The van der Waals surface area contributed by atoms with E-state index in [0.29, 0.717) is 48.8 Å². The average Bonchev–Trinajstić information content (AvgIpc) is 3.56. The Morgan fingerprint density at radius 2 is 1.83 bits per heavy atom. The summed E-state index contributed by atoms with van der Waals surface area (Å²) < 4.78 is 54.5. The molecule has 2 aromatic heterocycles. The number of pyridine rings is 2. The third-order valence-corrected chi connectivity index (χ3v) is 10.0. The Bertz CT molecular complexity index is 1940. The number of hydrogen-bond acceptors (Lipinski definition) is 9. The van der Waals surface area contributed by atoms with E-state index in [-0.39, 0.29) is 42.3 Å². The Balaban J connectivity index is 1.27. The van der Waals surface area contributed by atoms with Crippen LogP contribution in [-0.2, 0) is 30.5 Å². The van der Waals surface area contributed by atoms with E-state index in [4.69, 9.17) is 21.1 Å². The van der Waals surface area contributed by atoms with E-state index in [2.05, 4.69) is 31.2 Å². The number of methoxy groups -OCH3 is 2. The van der Waals surface area contributed by atoms with Crippen molar-refractivity contribution in [2.45, 2.75) is 76.5 Å². The topological polar surface area (TPSA) is 130 Å². The standard InChI is InChI=1S/C39H44ClF3N6O4/c1-22(50)18-44-20-25-16-31(39(41,42)43)37(49-38(25)53-3)48-32-9-5-7-27-28(6-4-8-29(27)32)30-14-15-46-36(35(30)40)23-10-11-24(33(17-23)52-2)19-45-21-26-12-13-34(51)47-26/h4,6,8,10-11,14-17,22,26,32,44-45,50H,5,7,9,12-13,18-21H2,1-3H3,(H,47,51)(H,48,49)/t22-,26+,32+/m1/s1. The predicted octanol–water partition coefficient (Wildman–Crippen LogP) is 6.83. The van der Waals surface area contributed by atoms with Gasteiger partial charge >= 0.3 is 6.18 Å². The molecule has 1 aliphatic heterocycles. The lowest BCUT2D eigenvalue weighted by Gasteiger charge is -2.30. The van der Waals surface area contributed by atoms with E-state index < -0.39 is 23.9 Å². The number of halogens is 4. The first-order valence-corrected chi connectivity index (χ1v) is 18.1. The Morgan fingerprint density at radius 1 is 1.02 bits per heavy atom. The van der Waals surface area contributed by atoms with Gasteiger partial charge in [0, 0.05) is 67.1 Å². The van der Waals surface area contributed by atoms with E-state index >= 15 is 0 Å². The van der Waals surface area contributed by atoms with Crippen LogP contribution in [0.5, 0.6) is 11.6 Å². The maximum absolute atomic E-state index is 14.4. The molecule has 0 bridgehead atoms. The van der Waals surface area contributed by atoms with Crippen molar-refractivity contribution in [2.24, 2.45) is 0 Å². The maximum atomic E-state index is 14.4. The number of aliphatic hydroxyl groups excluding tert-OH is 1. The lowest BCUT2D eigenvalue weighted by Crippen LogP contribution is -2.35.